The van der Waals surface area contributed by atoms with Crippen molar-refractivity contribution in [3.63, 3.8) is 0 Å². The molecule has 148 valence electrons. The lowest BCUT2D eigenvalue weighted by Gasteiger charge is -2.05. The second-order valence-corrected chi connectivity index (χ2v) is 7.16. The van der Waals surface area contributed by atoms with E-state index in [4.69, 9.17) is 4.52 Å². The quantitative estimate of drug-likeness (QED) is 0.431. The van der Waals surface area contributed by atoms with Gasteiger partial charge >= 0.3 is 0 Å². The standard InChI is InChI=1S/C23H15N7O/c1-14-20(21(29-31-14)15-5-3-2-4-6-15)23-28-27-22-19-8-7-16(18-10-24-13-25-11-18)9-17(19)12-26-30(22)23/h2-13H,1H3. The van der Waals surface area contributed by atoms with Crippen molar-refractivity contribution in [1.29, 1.82) is 0 Å². The molecule has 8 nitrogen and oxygen atoms in total. The van der Waals surface area contributed by atoms with E-state index in [1.54, 1.807) is 16.9 Å². The molecule has 0 aliphatic carbocycles. The summed E-state index contributed by atoms with van der Waals surface area (Å²) in [4.78, 5) is 8.19. The highest BCUT2D eigenvalue weighted by Gasteiger charge is 2.22. The molecule has 0 atom stereocenters. The molecule has 6 rings (SSSR count). The summed E-state index contributed by atoms with van der Waals surface area (Å²) in [5.74, 6) is 1.25. The first kappa shape index (κ1) is 17.4. The van der Waals surface area contributed by atoms with Gasteiger partial charge in [0.15, 0.2) is 11.5 Å². The Labute approximate surface area is 176 Å². The predicted molar refractivity (Wildman–Crippen MR) is 115 cm³/mol. The highest BCUT2D eigenvalue weighted by molar-refractivity contribution is 5.96. The van der Waals surface area contributed by atoms with E-state index in [1.807, 2.05) is 55.6 Å². The fraction of sp³-hybridized carbons (Fsp3) is 0.0435. The van der Waals surface area contributed by atoms with Crippen LogP contribution in [0.15, 0.2) is 78.0 Å². The van der Waals surface area contributed by atoms with Crippen molar-refractivity contribution in [2.45, 2.75) is 6.92 Å². The molecule has 0 fully saturated rings. The highest BCUT2D eigenvalue weighted by Crippen LogP contribution is 2.34. The molecule has 0 spiro atoms. The maximum absolute atomic E-state index is 5.50. The van der Waals surface area contributed by atoms with Crippen LogP contribution in [0.3, 0.4) is 0 Å². The van der Waals surface area contributed by atoms with E-state index in [1.165, 1.54) is 6.33 Å². The Morgan fingerprint density at radius 3 is 2.52 bits per heavy atom. The van der Waals surface area contributed by atoms with Gasteiger partial charge in [-0.2, -0.15) is 9.61 Å². The lowest BCUT2D eigenvalue weighted by Crippen LogP contribution is -1.97. The number of aromatic nitrogens is 7. The summed E-state index contributed by atoms with van der Waals surface area (Å²) in [6, 6.07) is 16.0. The number of benzene rings is 2. The summed E-state index contributed by atoms with van der Waals surface area (Å²) >= 11 is 0. The van der Waals surface area contributed by atoms with Crippen molar-refractivity contribution < 1.29 is 4.52 Å². The number of nitrogens with zero attached hydrogens (tertiary/aromatic N) is 7. The van der Waals surface area contributed by atoms with Crippen LogP contribution in [0.25, 0.3) is 50.2 Å². The molecule has 2 aromatic carbocycles. The minimum Gasteiger partial charge on any atom is -0.360 e. The third-order valence-corrected chi connectivity index (χ3v) is 5.27. The molecule has 0 radical (unpaired) electrons. The number of fused-ring (bicyclic) bond motifs is 3. The van der Waals surface area contributed by atoms with Crippen LogP contribution in [-0.2, 0) is 0 Å². The number of hydrogen-bond donors (Lipinski definition) is 0. The van der Waals surface area contributed by atoms with Crippen LogP contribution >= 0.6 is 0 Å². The van der Waals surface area contributed by atoms with Crippen molar-refractivity contribution in [2.24, 2.45) is 0 Å². The summed E-state index contributed by atoms with van der Waals surface area (Å²) in [6.07, 6.45) is 6.90. The van der Waals surface area contributed by atoms with E-state index in [-0.39, 0.29) is 0 Å². The zero-order chi connectivity index (χ0) is 20.8. The van der Waals surface area contributed by atoms with Gasteiger partial charge in [-0.05, 0) is 24.6 Å². The average Bonchev–Trinajstić information content (AvgIpc) is 3.43. The molecule has 0 saturated carbocycles. The van der Waals surface area contributed by atoms with Crippen molar-refractivity contribution in [3.05, 3.63) is 79.2 Å². The molecule has 8 heteroatoms. The fourth-order valence-corrected chi connectivity index (χ4v) is 3.76. The third-order valence-electron chi connectivity index (χ3n) is 5.27. The van der Waals surface area contributed by atoms with Crippen molar-refractivity contribution >= 4 is 16.4 Å². The first-order chi connectivity index (χ1) is 15.3. The molecule has 0 aliphatic rings. The third kappa shape index (κ3) is 2.77. The fourth-order valence-electron chi connectivity index (χ4n) is 3.76. The van der Waals surface area contributed by atoms with Gasteiger partial charge in [-0.15, -0.1) is 10.2 Å². The normalized spacial score (nSPS) is 11.4. The van der Waals surface area contributed by atoms with Crippen molar-refractivity contribution in [3.8, 4) is 33.8 Å². The van der Waals surface area contributed by atoms with Crippen LogP contribution < -0.4 is 0 Å². The Morgan fingerprint density at radius 2 is 1.68 bits per heavy atom. The summed E-state index contributed by atoms with van der Waals surface area (Å²) in [7, 11) is 0. The number of aryl methyl sites for hydroxylation is 1. The Balaban J connectivity index is 1.53. The van der Waals surface area contributed by atoms with Crippen LogP contribution in [0.4, 0.5) is 0 Å². The predicted octanol–water partition coefficient (Wildman–Crippen LogP) is 4.36. The molecule has 0 bridgehead atoms. The Morgan fingerprint density at radius 1 is 0.839 bits per heavy atom. The first-order valence-corrected chi connectivity index (χ1v) is 9.71. The zero-order valence-corrected chi connectivity index (χ0v) is 16.5. The van der Waals surface area contributed by atoms with Gasteiger partial charge in [-0.25, -0.2) is 9.97 Å². The molecule has 31 heavy (non-hydrogen) atoms. The van der Waals surface area contributed by atoms with Gasteiger partial charge in [0.1, 0.15) is 17.8 Å². The van der Waals surface area contributed by atoms with Gasteiger partial charge in [0.05, 0.1) is 11.8 Å². The molecule has 6 aromatic rings. The molecule has 0 amide bonds. The molecular formula is C23H15N7O. The molecule has 4 aromatic heterocycles. The van der Waals surface area contributed by atoms with Crippen LogP contribution in [-0.4, -0.2) is 34.9 Å². The van der Waals surface area contributed by atoms with Crippen LogP contribution in [0.1, 0.15) is 5.76 Å². The number of hydrogen-bond acceptors (Lipinski definition) is 7. The van der Waals surface area contributed by atoms with E-state index in [9.17, 15) is 0 Å². The monoisotopic (exact) mass is 405 g/mol. The second kappa shape index (κ2) is 6.81. The van der Waals surface area contributed by atoms with Crippen LogP contribution in [0.2, 0.25) is 0 Å². The smallest absolute Gasteiger partial charge is 0.191 e. The molecule has 0 N–H and O–H groups in total. The van der Waals surface area contributed by atoms with Gasteiger partial charge in [0.2, 0.25) is 0 Å². The van der Waals surface area contributed by atoms with Gasteiger partial charge in [-0.1, -0.05) is 41.6 Å². The maximum Gasteiger partial charge on any atom is 0.191 e. The van der Waals surface area contributed by atoms with E-state index in [0.29, 0.717) is 22.9 Å². The number of rotatable bonds is 3. The lowest BCUT2D eigenvalue weighted by atomic mass is 10.0. The summed E-state index contributed by atoms with van der Waals surface area (Å²) in [6.45, 7) is 1.87. The minimum absolute atomic E-state index is 0.593. The van der Waals surface area contributed by atoms with Crippen molar-refractivity contribution in [2.75, 3.05) is 0 Å². The Bertz CT molecular complexity index is 1540. The maximum atomic E-state index is 5.50. The van der Waals surface area contributed by atoms with Gasteiger partial charge < -0.3 is 4.52 Å². The van der Waals surface area contributed by atoms with Gasteiger partial charge in [0.25, 0.3) is 0 Å². The van der Waals surface area contributed by atoms with Crippen LogP contribution in [0.5, 0.6) is 0 Å². The summed E-state index contributed by atoms with van der Waals surface area (Å²) in [5.41, 5.74) is 5.07. The Kier molecular flexibility index (Phi) is 3.82. The van der Waals surface area contributed by atoms with Crippen molar-refractivity contribution in [1.82, 2.24) is 34.9 Å². The zero-order valence-electron chi connectivity index (χ0n) is 16.5. The second-order valence-electron chi connectivity index (χ2n) is 7.16. The minimum atomic E-state index is 0.593. The lowest BCUT2D eigenvalue weighted by molar-refractivity contribution is 0.400. The van der Waals surface area contributed by atoms with E-state index in [0.717, 1.165) is 33.0 Å². The molecule has 0 aliphatic heterocycles. The molecular weight excluding hydrogens is 390 g/mol. The SMILES string of the molecule is Cc1onc(-c2ccccc2)c1-c1nnc2c3ccc(-c4cncnc4)cc3cnn12. The van der Waals surface area contributed by atoms with Gasteiger partial charge in [0, 0.05) is 34.3 Å². The molecule has 0 unspecified atom stereocenters. The van der Waals surface area contributed by atoms with E-state index < -0.39 is 0 Å². The molecule has 0 saturated heterocycles. The van der Waals surface area contributed by atoms with Crippen LogP contribution in [0, 0.1) is 6.92 Å². The topological polar surface area (TPSA) is 94.9 Å². The average molecular weight is 405 g/mol. The molecule has 4 heterocycles. The summed E-state index contributed by atoms with van der Waals surface area (Å²) < 4.78 is 7.24. The summed E-state index contributed by atoms with van der Waals surface area (Å²) in [5, 5.41) is 19.7. The van der Waals surface area contributed by atoms with Gasteiger partial charge in [-0.3, -0.25) is 0 Å². The largest absolute Gasteiger partial charge is 0.360 e. The highest BCUT2D eigenvalue weighted by atomic mass is 16.5. The Hall–Kier alpha value is -4.46. The van der Waals surface area contributed by atoms with E-state index in [2.05, 4.69) is 36.5 Å². The van der Waals surface area contributed by atoms with E-state index >= 15 is 0 Å². The first-order valence-electron chi connectivity index (χ1n) is 9.71.